The summed E-state index contributed by atoms with van der Waals surface area (Å²) in [6.07, 6.45) is 5.19. The second kappa shape index (κ2) is 9.30. The highest BCUT2D eigenvalue weighted by molar-refractivity contribution is 5.99. The van der Waals surface area contributed by atoms with Gasteiger partial charge in [-0.1, -0.05) is 68.5 Å². The van der Waals surface area contributed by atoms with Gasteiger partial charge in [0, 0.05) is 36.6 Å². The van der Waals surface area contributed by atoms with Gasteiger partial charge in [-0.15, -0.1) is 0 Å². The minimum atomic E-state index is -3.28. The fraction of sp³-hybridized carbons (Fsp3) is 0.333. The van der Waals surface area contributed by atoms with Crippen LogP contribution in [0.25, 0.3) is 5.70 Å². The molecule has 2 aromatic rings. The van der Waals surface area contributed by atoms with Gasteiger partial charge in [0.1, 0.15) is 0 Å². The first-order chi connectivity index (χ1) is 15.8. The Labute approximate surface area is 193 Å². The minimum absolute atomic E-state index is 0.0279. The van der Waals surface area contributed by atoms with Crippen molar-refractivity contribution in [3.05, 3.63) is 90.2 Å². The van der Waals surface area contributed by atoms with Crippen molar-refractivity contribution in [2.24, 2.45) is 4.99 Å². The third kappa shape index (κ3) is 4.75. The third-order valence-electron chi connectivity index (χ3n) is 6.44. The standard InChI is InChI=1S/C27H28F2N2O2/c1-4-33-26(27(3,28)29)30-18(2)20-14-15-21-17-31(25(32)23(21)16-20)24-13-9-8-12-22(24)19-10-6-5-7-11-19/h4-7,10-11,14-16,22,24H,1-2,8-9,12-13,17H2,3H3. The number of carbonyl (C=O) groups excluding carboxylic acids is 1. The van der Waals surface area contributed by atoms with Gasteiger partial charge in [-0.2, -0.15) is 8.78 Å². The molecule has 172 valence electrons. The Morgan fingerprint density at radius 2 is 1.91 bits per heavy atom. The van der Waals surface area contributed by atoms with E-state index < -0.39 is 11.8 Å². The zero-order valence-corrected chi connectivity index (χ0v) is 18.8. The van der Waals surface area contributed by atoms with Crippen molar-refractivity contribution < 1.29 is 18.3 Å². The number of aliphatic imine (C=N–C) groups is 1. The van der Waals surface area contributed by atoms with Gasteiger partial charge in [-0.3, -0.25) is 4.79 Å². The van der Waals surface area contributed by atoms with E-state index in [2.05, 4.69) is 30.3 Å². The molecule has 2 aliphatic rings. The second-order valence-electron chi connectivity index (χ2n) is 8.71. The number of hydrogen-bond donors (Lipinski definition) is 0. The van der Waals surface area contributed by atoms with E-state index in [1.807, 2.05) is 29.2 Å². The van der Waals surface area contributed by atoms with Crippen LogP contribution in [-0.4, -0.2) is 28.7 Å². The summed E-state index contributed by atoms with van der Waals surface area (Å²) in [6.45, 7) is 8.37. The molecule has 1 amide bonds. The molecule has 0 N–H and O–H groups in total. The first-order valence-electron chi connectivity index (χ1n) is 11.2. The molecule has 1 heterocycles. The molecule has 1 aliphatic heterocycles. The first-order valence-corrected chi connectivity index (χ1v) is 11.2. The van der Waals surface area contributed by atoms with Crippen molar-refractivity contribution in [3.8, 4) is 0 Å². The normalized spacial score (nSPS) is 21.0. The van der Waals surface area contributed by atoms with Crippen LogP contribution in [0.15, 0.2) is 72.9 Å². The van der Waals surface area contributed by atoms with Gasteiger partial charge in [0.25, 0.3) is 11.8 Å². The molecular weight excluding hydrogens is 422 g/mol. The quantitative estimate of drug-likeness (QED) is 0.284. The Balaban J connectivity index is 1.59. The number of amides is 1. The molecule has 4 nitrogen and oxygen atoms in total. The van der Waals surface area contributed by atoms with E-state index in [0.717, 1.165) is 37.5 Å². The molecule has 2 atom stereocenters. The molecule has 1 fully saturated rings. The molecule has 1 saturated carbocycles. The summed E-state index contributed by atoms with van der Waals surface area (Å²) in [4.78, 5) is 19.3. The summed E-state index contributed by atoms with van der Waals surface area (Å²) < 4.78 is 32.3. The number of halogens is 2. The molecule has 2 unspecified atom stereocenters. The Morgan fingerprint density at radius 3 is 2.61 bits per heavy atom. The molecular formula is C27H28F2N2O2. The maximum Gasteiger partial charge on any atom is 0.319 e. The zero-order valence-electron chi connectivity index (χ0n) is 18.8. The molecule has 0 saturated heterocycles. The van der Waals surface area contributed by atoms with Crippen molar-refractivity contribution in [1.82, 2.24) is 4.90 Å². The molecule has 33 heavy (non-hydrogen) atoms. The molecule has 4 rings (SSSR count). The lowest BCUT2D eigenvalue weighted by Crippen LogP contribution is -2.41. The van der Waals surface area contributed by atoms with Gasteiger partial charge in [0.15, 0.2) is 0 Å². The van der Waals surface area contributed by atoms with Gasteiger partial charge in [0.2, 0.25) is 0 Å². The van der Waals surface area contributed by atoms with Crippen LogP contribution in [0.5, 0.6) is 0 Å². The van der Waals surface area contributed by atoms with Crippen LogP contribution in [0.1, 0.15) is 65.6 Å². The zero-order chi connectivity index (χ0) is 23.6. The molecule has 0 spiro atoms. The van der Waals surface area contributed by atoms with Crippen LogP contribution in [0, 0.1) is 0 Å². The lowest BCUT2D eigenvalue weighted by atomic mass is 9.79. The maximum atomic E-state index is 13.8. The van der Waals surface area contributed by atoms with Crippen LogP contribution in [-0.2, 0) is 11.3 Å². The van der Waals surface area contributed by atoms with E-state index in [9.17, 15) is 13.6 Å². The molecule has 0 aromatic heterocycles. The van der Waals surface area contributed by atoms with E-state index in [1.165, 1.54) is 5.56 Å². The number of nitrogens with zero attached hydrogens (tertiary/aromatic N) is 2. The smallest absolute Gasteiger partial charge is 0.319 e. The number of fused-ring (bicyclic) bond motifs is 1. The monoisotopic (exact) mass is 450 g/mol. The Kier molecular flexibility index (Phi) is 6.45. The summed E-state index contributed by atoms with van der Waals surface area (Å²) in [5, 5.41) is 0. The number of hydrogen-bond acceptors (Lipinski definition) is 3. The summed E-state index contributed by atoms with van der Waals surface area (Å²) in [5.41, 5.74) is 3.38. The Bertz CT molecular complexity index is 1090. The van der Waals surface area contributed by atoms with E-state index in [-0.39, 0.29) is 17.6 Å². The molecule has 0 bridgehead atoms. The van der Waals surface area contributed by atoms with Crippen molar-refractivity contribution in [2.45, 2.75) is 57.0 Å². The summed E-state index contributed by atoms with van der Waals surface area (Å²) in [5.74, 6) is -3.79. The largest absolute Gasteiger partial charge is 0.446 e. The van der Waals surface area contributed by atoms with Gasteiger partial charge >= 0.3 is 5.92 Å². The van der Waals surface area contributed by atoms with Crippen LogP contribution >= 0.6 is 0 Å². The predicted octanol–water partition coefficient (Wildman–Crippen LogP) is 6.55. The van der Waals surface area contributed by atoms with E-state index in [0.29, 0.717) is 30.5 Å². The highest BCUT2D eigenvalue weighted by Gasteiger charge is 2.38. The summed E-state index contributed by atoms with van der Waals surface area (Å²) >= 11 is 0. The lowest BCUT2D eigenvalue weighted by molar-refractivity contribution is 0.0627. The molecule has 0 radical (unpaired) electrons. The summed E-state index contributed by atoms with van der Waals surface area (Å²) in [6, 6.07) is 15.8. The average Bonchev–Trinajstić information content (AvgIpc) is 3.14. The van der Waals surface area contributed by atoms with E-state index in [4.69, 9.17) is 4.74 Å². The van der Waals surface area contributed by atoms with Crippen LogP contribution in [0.2, 0.25) is 0 Å². The Hall–Kier alpha value is -3.28. The van der Waals surface area contributed by atoms with Gasteiger partial charge in [0.05, 0.1) is 12.0 Å². The van der Waals surface area contributed by atoms with Gasteiger partial charge in [-0.05, 0) is 30.0 Å². The highest BCUT2D eigenvalue weighted by Crippen LogP contribution is 2.40. The SMILES string of the molecule is C=COC(=NC(=C)c1ccc2c(c1)C(=O)N(C1CCCCC1c1ccccc1)C2)C(C)(F)F. The number of rotatable bonds is 6. The van der Waals surface area contributed by atoms with Crippen molar-refractivity contribution in [2.75, 3.05) is 0 Å². The molecule has 1 aliphatic carbocycles. The van der Waals surface area contributed by atoms with Gasteiger partial charge in [-0.25, -0.2) is 4.99 Å². The maximum absolute atomic E-state index is 13.8. The topological polar surface area (TPSA) is 41.9 Å². The molecule has 2 aromatic carbocycles. The summed E-state index contributed by atoms with van der Waals surface area (Å²) in [7, 11) is 0. The number of alkyl halides is 2. The third-order valence-corrected chi connectivity index (χ3v) is 6.44. The predicted molar refractivity (Wildman–Crippen MR) is 126 cm³/mol. The Morgan fingerprint density at radius 1 is 1.18 bits per heavy atom. The minimum Gasteiger partial charge on any atom is -0.446 e. The van der Waals surface area contributed by atoms with Crippen molar-refractivity contribution in [1.29, 1.82) is 0 Å². The number of carbonyl (C=O) groups is 1. The van der Waals surface area contributed by atoms with E-state index >= 15 is 0 Å². The van der Waals surface area contributed by atoms with Crippen LogP contribution < -0.4 is 0 Å². The van der Waals surface area contributed by atoms with E-state index in [1.54, 1.807) is 12.1 Å². The average molecular weight is 451 g/mol. The fourth-order valence-corrected chi connectivity index (χ4v) is 4.84. The highest BCUT2D eigenvalue weighted by atomic mass is 19.3. The molecule has 6 heteroatoms. The van der Waals surface area contributed by atoms with Crippen LogP contribution in [0.3, 0.4) is 0 Å². The first kappa shape index (κ1) is 22.9. The van der Waals surface area contributed by atoms with Crippen molar-refractivity contribution in [3.63, 3.8) is 0 Å². The number of ether oxygens (including phenoxy) is 1. The fourth-order valence-electron chi connectivity index (χ4n) is 4.84. The second-order valence-corrected chi connectivity index (χ2v) is 8.71. The van der Waals surface area contributed by atoms with Crippen LogP contribution in [0.4, 0.5) is 8.78 Å². The van der Waals surface area contributed by atoms with Gasteiger partial charge < -0.3 is 9.64 Å². The lowest BCUT2D eigenvalue weighted by Gasteiger charge is -2.38. The van der Waals surface area contributed by atoms with Crippen molar-refractivity contribution >= 4 is 17.5 Å². The number of benzene rings is 2.